The highest BCUT2D eigenvalue weighted by Crippen LogP contribution is 2.33. The third-order valence-corrected chi connectivity index (χ3v) is 6.75. The summed E-state index contributed by atoms with van der Waals surface area (Å²) in [5, 5.41) is 30.8. The fourth-order valence-corrected chi connectivity index (χ4v) is 4.53. The van der Waals surface area contributed by atoms with Crippen LogP contribution in [-0.2, 0) is 24.8 Å². The van der Waals surface area contributed by atoms with Crippen LogP contribution in [0.25, 0.3) is 11.4 Å². The molecule has 2 aliphatic carbocycles. The van der Waals surface area contributed by atoms with Gasteiger partial charge in [0.15, 0.2) is 5.82 Å². The largest absolute Gasteiger partial charge is 0.489 e. The zero-order valence-electron chi connectivity index (χ0n) is 19.6. The lowest BCUT2D eigenvalue weighted by molar-refractivity contribution is -0.143. The van der Waals surface area contributed by atoms with Gasteiger partial charge in [-0.2, -0.15) is 4.80 Å². The summed E-state index contributed by atoms with van der Waals surface area (Å²) in [6.07, 6.45) is 7.02. The van der Waals surface area contributed by atoms with Crippen LogP contribution in [0.15, 0.2) is 12.1 Å². The van der Waals surface area contributed by atoms with Crippen LogP contribution in [0, 0.1) is 18.8 Å². The number of aromatic nitrogens is 8. The Morgan fingerprint density at radius 3 is 2.79 bits per heavy atom. The molecule has 1 N–H and O–H groups in total. The molecule has 11 nitrogen and oxygen atoms in total. The Bertz CT molecular complexity index is 1170. The van der Waals surface area contributed by atoms with Crippen LogP contribution in [0.5, 0.6) is 5.75 Å². The lowest BCUT2D eigenvalue weighted by Crippen LogP contribution is -2.29. The maximum absolute atomic E-state index is 11.4. The molecule has 0 saturated heterocycles. The summed E-state index contributed by atoms with van der Waals surface area (Å²) in [5.74, 6) is 1.04. The van der Waals surface area contributed by atoms with Gasteiger partial charge in [-0.3, -0.25) is 9.48 Å². The quantitative estimate of drug-likeness (QED) is 0.505. The molecule has 0 amide bonds. The Morgan fingerprint density at radius 1 is 1.18 bits per heavy atom. The Balaban J connectivity index is 1.29. The van der Waals surface area contributed by atoms with Gasteiger partial charge in [0.2, 0.25) is 0 Å². The van der Waals surface area contributed by atoms with Crippen molar-refractivity contribution in [2.45, 2.75) is 70.9 Å². The van der Waals surface area contributed by atoms with Gasteiger partial charge < -0.3 is 9.84 Å². The number of hydrogen-bond donors (Lipinski definition) is 1. The monoisotopic (exact) mass is 466 g/mol. The Hall–Kier alpha value is -3.37. The van der Waals surface area contributed by atoms with E-state index in [9.17, 15) is 9.90 Å². The van der Waals surface area contributed by atoms with Gasteiger partial charge in [-0.1, -0.05) is 18.1 Å². The molecule has 11 heteroatoms. The summed E-state index contributed by atoms with van der Waals surface area (Å²) in [7, 11) is 1.84. The number of aryl methyl sites for hydroxylation is 3. The average molecular weight is 467 g/mol. The number of carbonyl (C=O) groups is 1. The van der Waals surface area contributed by atoms with Gasteiger partial charge in [0.25, 0.3) is 0 Å². The topological polar surface area (TPSA) is 134 Å². The second-order valence-electron chi connectivity index (χ2n) is 9.44. The fraction of sp³-hybridized carbons (Fsp3) is 0.609. The first kappa shape index (κ1) is 22.4. The second-order valence-corrected chi connectivity index (χ2v) is 9.44. The summed E-state index contributed by atoms with van der Waals surface area (Å²) in [6, 6.07) is 3.75. The van der Waals surface area contributed by atoms with Crippen molar-refractivity contribution in [2.24, 2.45) is 18.9 Å². The average Bonchev–Trinajstić information content (AvgIpc) is 3.44. The highest BCUT2D eigenvalue weighted by Gasteiger charge is 2.28. The first-order chi connectivity index (χ1) is 16.5. The molecule has 5 rings (SSSR count). The minimum absolute atomic E-state index is 0.109. The van der Waals surface area contributed by atoms with Crippen LogP contribution in [0.1, 0.15) is 62.2 Å². The van der Waals surface area contributed by atoms with Crippen molar-refractivity contribution in [3.63, 3.8) is 0 Å². The van der Waals surface area contributed by atoms with Crippen LogP contribution in [-0.4, -0.2) is 57.4 Å². The maximum atomic E-state index is 11.4. The smallest absolute Gasteiger partial charge is 0.306 e. The molecule has 3 aromatic rings. The normalized spacial score (nSPS) is 20.4. The molecule has 0 unspecified atom stereocenters. The number of aliphatic carboxylic acids is 1. The molecule has 34 heavy (non-hydrogen) atoms. The molecule has 2 fully saturated rings. The molecular weight excluding hydrogens is 436 g/mol. The van der Waals surface area contributed by atoms with Gasteiger partial charge in [-0.15, -0.1) is 15.3 Å². The second kappa shape index (κ2) is 9.47. The first-order valence-corrected chi connectivity index (χ1v) is 12.0. The number of hydrogen-bond acceptors (Lipinski definition) is 8. The van der Waals surface area contributed by atoms with Crippen LogP contribution < -0.4 is 4.74 Å². The fourth-order valence-electron chi connectivity index (χ4n) is 4.53. The van der Waals surface area contributed by atoms with E-state index in [2.05, 4.69) is 25.7 Å². The highest BCUT2D eigenvalue weighted by atomic mass is 16.5. The summed E-state index contributed by atoms with van der Waals surface area (Å²) < 4.78 is 7.86. The molecule has 2 aliphatic rings. The zero-order valence-corrected chi connectivity index (χ0v) is 19.6. The minimum Gasteiger partial charge on any atom is -0.489 e. The van der Waals surface area contributed by atoms with E-state index in [1.165, 1.54) is 12.8 Å². The molecule has 0 aromatic carbocycles. The number of carboxylic acid groups (broad SMARTS) is 1. The number of pyridine rings is 1. The van der Waals surface area contributed by atoms with Crippen molar-refractivity contribution in [1.82, 2.24) is 40.2 Å². The van der Waals surface area contributed by atoms with Gasteiger partial charge in [0.05, 0.1) is 42.1 Å². The first-order valence-electron chi connectivity index (χ1n) is 12.0. The number of ether oxygens (including phenoxy) is 1. The van der Waals surface area contributed by atoms with Crippen molar-refractivity contribution >= 4 is 5.97 Å². The molecule has 2 atom stereocenters. The number of carboxylic acids is 1. The summed E-state index contributed by atoms with van der Waals surface area (Å²) in [4.78, 5) is 17.7. The highest BCUT2D eigenvalue weighted by molar-refractivity contribution is 5.70. The maximum Gasteiger partial charge on any atom is 0.306 e. The van der Waals surface area contributed by atoms with E-state index < -0.39 is 5.97 Å². The number of nitrogens with zero attached hydrogens (tertiary/aromatic N) is 8. The van der Waals surface area contributed by atoms with E-state index >= 15 is 0 Å². The van der Waals surface area contributed by atoms with E-state index in [0.717, 1.165) is 43.1 Å². The van der Waals surface area contributed by atoms with Gasteiger partial charge in [-0.25, -0.2) is 4.98 Å². The summed E-state index contributed by atoms with van der Waals surface area (Å²) >= 11 is 0. The van der Waals surface area contributed by atoms with Gasteiger partial charge >= 0.3 is 5.97 Å². The third kappa shape index (κ3) is 5.07. The SMILES string of the molecule is Cc1nc(-c2nnn(C)c2Cc2nnn(CCC3CC3)n2)ccc1O[C@H]1CCC[C@H](C(=O)O)C1. The summed E-state index contributed by atoms with van der Waals surface area (Å²) in [5.41, 5.74) is 2.96. The minimum atomic E-state index is -0.744. The van der Waals surface area contributed by atoms with E-state index in [0.29, 0.717) is 42.2 Å². The van der Waals surface area contributed by atoms with Crippen molar-refractivity contribution in [1.29, 1.82) is 0 Å². The van der Waals surface area contributed by atoms with Crippen molar-refractivity contribution in [3.8, 4) is 17.1 Å². The number of tetrazole rings is 1. The van der Waals surface area contributed by atoms with E-state index in [-0.39, 0.29) is 12.0 Å². The third-order valence-electron chi connectivity index (χ3n) is 6.75. The molecule has 0 radical (unpaired) electrons. The van der Waals surface area contributed by atoms with E-state index in [4.69, 9.17) is 9.72 Å². The van der Waals surface area contributed by atoms with Crippen LogP contribution in [0.4, 0.5) is 0 Å². The van der Waals surface area contributed by atoms with E-state index in [1.807, 2.05) is 26.1 Å². The molecular formula is C23H30N8O3. The van der Waals surface area contributed by atoms with Gasteiger partial charge in [0, 0.05) is 7.05 Å². The standard InChI is InChI=1S/C23H30N8O3/c1-14-20(34-17-5-3-4-16(12-17)23(32)33)9-8-18(24-14)22-19(30(2)28-26-22)13-21-25-29-31(27-21)11-10-15-6-7-15/h8-9,15-17H,3-7,10-13H2,1-2H3,(H,32,33)/t16-,17-/m0/s1. The Morgan fingerprint density at radius 2 is 2.03 bits per heavy atom. The van der Waals surface area contributed by atoms with Crippen molar-refractivity contribution in [3.05, 3.63) is 29.3 Å². The Kier molecular flexibility index (Phi) is 6.25. The molecule has 180 valence electrons. The summed E-state index contributed by atoms with van der Waals surface area (Å²) in [6.45, 7) is 2.68. The van der Waals surface area contributed by atoms with Gasteiger partial charge in [0.1, 0.15) is 11.4 Å². The number of rotatable bonds is 9. The molecule has 2 saturated carbocycles. The molecule has 3 heterocycles. The Labute approximate surface area is 197 Å². The van der Waals surface area contributed by atoms with E-state index in [1.54, 1.807) is 9.48 Å². The van der Waals surface area contributed by atoms with Crippen molar-refractivity contribution < 1.29 is 14.6 Å². The molecule has 0 spiro atoms. The molecule has 0 aliphatic heterocycles. The predicted octanol–water partition coefficient (Wildman–Crippen LogP) is 2.59. The molecule has 3 aromatic heterocycles. The van der Waals surface area contributed by atoms with Gasteiger partial charge in [-0.05, 0) is 62.3 Å². The predicted molar refractivity (Wildman–Crippen MR) is 121 cm³/mol. The lowest BCUT2D eigenvalue weighted by Gasteiger charge is -2.27. The van der Waals surface area contributed by atoms with Crippen LogP contribution >= 0.6 is 0 Å². The van der Waals surface area contributed by atoms with Crippen LogP contribution in [0.2, 0.25) is 0 Å². The lowest BCUT2D eigenvalue weighted by atomic mass is 9.87. The molecule has 0 bridgehead atoms. The van der Waals surface area contributed by atoms with Crippen LogP contribution in [0.3, 0.4) is 0 Å². The zero-order chi connectivity index (χ0) is 23.7. The van der Waals surface area contributed by atoms with Crippen molar-refractivity contribution in [2.75, 3.05) is 0 Å².